The van der Waals surface area contributed by atoms with E-state index in [4.69, 9.17) is 0 Å². The second-order valence-electron chi connectivity index (χ2n) is 7.16. The summed E-state index contributed by atoms with van der Waals surface area (Å²) in [5, 5.41) is 15.5. The fourth-order valence-electron chi connectivity index (χ4n) is 3.24. The van der Waals surface area contributed by atoms with Gasteiger partial charge < -0.3 is 5.11 Å². The van der Waals surface area contributed by atoms with Crippen LogP contribution < -0.4 is 4.72 Å². The summed E-state index contributed by atoms with van der Waals surface area (Å²) in [5.41, 5.74) is 2.28. The number of hydrogen-bond donors (Lipinski definition) is 2. The molecule has 1 atom stereocenters. The van der Waals surface area contributed by atoms with E-state index < -0.39 is 22.0 Å². The molecule has 2 aromatic carbocycles. The number of thiophene rings is 2. The van der Waals surface area contributed by atoms with E-state index in [1.54, 1.807) is 37.3 Å². The molecule has 0 unspecified atom stereocenters. The van der Waals surface area contributed by atoms with Crippen LogP contribution in [-0.2, 0) is 14.8 Å². The molecule has 29 heavy (non-hydrogen) atoms. The van der Waals surface area contributed by atoms with Crippen LogP contribution in [-0.4, -0.2) is 25.5 Å². The molecule has 0 bridgehead atoms. The van der Waals surface area contributed by atoms with Gasteiger partial charge in [-0.05, 0) is 58.1 Å². The third-order valence-electron chi connectivity index (χ3n) is 4.82. The lowest BCUT2D eigenvalue weighted by atomic mass is 10.1. The quantitative estimate of drug-likeness (QED) is 0.429. The van der Waals surface area contributed by atoms with Gasteiger partial charge in [-0.15, -0.1) is 11.3 Å². The third kappa shape index (κ3) is 3.81. The van der Waals surface area contributed by atoms with Crippen LogP contribution in [0.25, 0.3) is 31.3 Å². The van der Waals surface area contributed by atoms with Gasteiger partial charge in [0.2, 0.25) is 10.0 Å². The van der Waals surface area contributed by atoms with E-state index in [2.05, 4.69) is 34.4 Å². The average molecular weight is 446 g/mol. The van der Waals surface area contributed by atoms with E-state index in [0.717, 1.165) is 31.3 Å². The molecule has 4 rings (SSSR count). The molecule has 0 spiro atoms. The zero-order valence-electron chi connectivity index (χ0n) is 15.7. The van der Waals surface area contributed by atoms with Crippen LogP contribution in [0.2, 0.25) is 0 Å². The third-order valence-corrected chi connectivity index (χ3v) is 8.08. The van der Waals surface area contributed by atoms with Crippen molar-refractivity contribution in [3.63, 3.8) is 0 Å². The number of nitrogens with one attached hydrogen (secondary N) is 1. The number of sulfonamides is 1. The first-order chi connectivity index (χ1) is 13.8. The first-order valence-electron chi connectivity index (χ1n) is 9.00. The molecule has 0 saturated heterocycles. The normalized spacial score (nSPS) is 13.3. The van der Waals surface area contributed by atoms with Gasteiger partial charge in [0.05, 0.1) is 4.90 Å². The molecular weight excluding hydrogens is 426 g/mol. The van der Waals surface area contributed by atoms with Gasteiger partial charge in [-0.2, -0.15) is 16.1 Å². The van der Waals surface area contributed by atoms with Crippen molar-refractivity contribution in [3.8, 4) is 11.1 Å². The Morgan fingerprint density at radius 1 is 1.00 bits per heavy atom. The summed E-state index contributed by atoms with van der Waals surface area (Å²) < 4.78 is 29.7. The van der Waals surface area contributed by atoms with Crippen molar-refractivity contribution in [1.82, 2.24) is 4.72 Å². The first kappa shape index (κ1) is 20.0. The number of carboxylic acid groups (broad SMARTS) is 1. The SMILES string of the molecule is CC(C)[C@H](NS(=O)(=O)c1ccc2c(c1)sc1ccc(-c3ccsc3)cc12)C(=O)O. The van der Waals surface area contributed by atoms with Crippen LogP contribution in [0.15, 0.2) is 58.1 Å². The zero-order chi connectivity index (χ0) is 20.8. The summed E-state index contributed by atoms with van der Waals surface area (Å²) >= 11 is 3.17. The Morgan fingerprint density at radius 2 is 1.79 bits per heavy atom. The highest BCUT2D eigenvalue weighted by molar-refractivity contribution is 7.89. The fraction of sp³-hybridized carbons (Fsp3) is 0.190. The van der Waals surface area contributed by atoms with Crippen LogP contribution in [0.1, 0.15) is 13.8 Å². The summed E-state index contributed by atoms with van der Waals surface area (Å²) in [7, 11) is -3.94. The molecule has 8 heteroatoms. The van der Waals surface area contributed by atoms with Crippen molar-refractivity contribution in [2.24, 2.45) is 5.92 Å². The molecule has 2 N–H and O–H groups in total. The first-order valence-corrected chi connectivity index (χ1v) is 12.2. The lowest BCUT2D eigenvalue weighted by Crippen LogP contribution is -2.44. The number of rotatable bonds is 6. The largest absolute Gasteiger partial charge is 0.480 e. The van der Waals surface area contributed by atoms with Crippen LogP contribution in [0.5, 0.6) is 0 Å². The Labute approximate surface area is 176 Å². The number of benzene rings is 2. The van der Waals surface area contributed by atoms with Gasteiger partial charge in [0.1, 0.15) is 6.04 Å². The molecule has 0 aliphatic carbocycles. The summed E-state index contributed by atoms with van der Waals surface area (Å²) in [5.74, 6) is -1.56. The minimum Gasteiger partial charge on any atom is -0.480 e. The molecule has 0 amide bonds. The predicted octanol–water partition coefficient (Wildman–Crippen LogP) is 5.17. The molecule has 0 fully saturated rings. The zero-order valence-corrected chi connectivity index (χ0v) is 18.2. The highest BCUT2D eigenvalue weighted by atomic mass is 32.2. The summed E-state index contributed by atoms with van der Waals surface area (Å²) in [6, 6.07) is 12.1. The van der Waals surface area contributed by atoms with Gasteiger partial charge in [-0.1, -0.05) is 26.0 Å². The minimum atomic E-state index is -3.94. The van der Waals surface area contributed by atoms with E-state index in [1.165, 1.54) is 17.4 Å². The second-order valence-corrected chi connectivity index (χ2v) is 10.7. The van der Waals surface area contributed by atoms with Gasteiger partial charge >= 0.3 is 5.97 Å². The Morgan fingerprint density at radius 3 is 2.45 bits per heavy atom. The number of carbonyl (C=O) groups is 1. The molecule has 150 valence electrons. The maximum absolute atomic E-state index is 12.8. The van der Waals surface area contributed by atoms with Gasteiger partial charge in [-0.3, -0.25) is 4.79 Å². The topological polar surface area (TPSA) is 83.5 Å². The monoisotopic (exact) mass is 445 g/mol. The predicted molar refractivity (Wildman–Crippen MR) is 119 cm³/mol. The van der Waals surface area contributed by atoms with Crippen molar-refractivity contribution in [3.05, 3.63) is 53.2 Å². The maximum Gasteiger partial charge on any atom is 0.322 e. The minimum absolute atomic E-state index is 0.0708. The Balaban J connectivity index is 1.76. The molecule has 2 heterocycles. The second kappa shape index (κ2) is 7.53. The van der Waals surface area contributed by atoms with Crippen LogP contribution in [0.3, 0.4) is 0 Å². The number of aliphatic carboxylic acids is 1. The van der Waals surface area contributed by atoms with Crippen molar-refractivity contribution in [2.45, 2.75) is 24.8 Å². The van der Waals surface area contributed by atoms with Crippen molar-refractivity contribution in [1.29, 1.82) is 0 Å². The number of fused-ring (bicyclic) bond motifs is 3. The summed E-state index contributed by atoms with van der Waals surface area (Å²) in [6.07, 6.45) is 0. The molecule has 5 nitrogen and oxygen atoms in total. The molecular formula is C21H19NO4S3. The Kier molecular flexibility index (Phi) is 5.20. The Bertz CT molecular complexity index is 1300. The standard InChI is InChI=1S/C21H19NO4S3/c1-12(2)20(21(23)24)22-29(25,26)15-4-5-16-17-9-13(14-7-8-27-11-14)3-6-18(17)28-19(16)10-15/h3-12,20,22H,1-2H3,(H,23,24)/t20-/m0/s1. The van der Waals surface area contributed by atoms with Gasteiger partial charge in [-0.25, -0.2) is 8.42 Å². The molecule has 4 aromatic rings. The number of carboxylic acids is 1. The maximum atomic E-state index is 12.8. The molecule has 0 saturated carbocycles. The van der Waals surface area contributed by atoms with Gasteiger partial charge in [0.25, 0.3) is 0 Å². The van der Waals surface area contributed by atoms with Crippen molar-refractivity contribution < 1.29 is 18.3 Å². The lowest BCUT2D eigenvalue weighted by molar-refractivity contribution is -0.140. The number of hydrogen-bond acceptors (Lipinski definition) is 5. The van der Waals surface area contributed by atoms with E-state index in [-0.39, 0.29) is 10.8 Å². The lowest BCUT2D eigenvalue weighted by Gasteiger charge is -2.18. The van der Waals surface area contributed by atoms with Crippen molar-refractivity contribution >= 4 is 58.8 Å². The van der Waals surface area contributed by atoms with Crippen LogP contribution in [0.4, 0.5) is 0 Å². The molecule has 0 aliphatic rings. The van der Waals surface area contributed by atoms with E-state index in [0.29, 0.717) is 0 Å². The average Bonchev–Trinajstić information content (AvgIpc) is 3.32. The molecule has 0 radical (unpaired) electrons. The fourth-order valence-corrected chi connectivity index (χ4v) is 6.47. The van der Waals surface area contributed by atoms with Crippen molar-refractivity contribution in [2.75, 3.05) is 0 Å². The van der Waals surface area contributed by atoms with E-state index in [9.17, 15) is 18.3 Å². The summed E-state index contributed by atoms with van der Waals surface area (Å²) in [6.45, 7) is 3.34. The van der Waals surface area contributed by atoms with Gasteiger partial charge in [0.15, 0.2) is 0 Å². The molecule has 2 aromatic heterocycles. The van der Waals surface area contributed by atoms with Crippen LogP contribution >= 0.6 is 22.7 Å². The molecule has 0 aliphatic heterocycles. The van der Waals surface area contributed by atoms with Crippen LogP contribution in [0, 0.1) is 5.92 Å². The van der Waals surface area contributed by atoms with Gasteiger partial charge in [0, 0.05) is 20.2 Å². The Hall–Kier alpha value is -2.26. The van der Waals surface area contributed by atoms with E-state index >= 15 is 0 Å². The summed E-state index contributed by atoms with van der Waals surface area (Å²) in [4.78, 5) is 11.5. The van der Waals surface area contributed by atoms with E-state index in [1.807, 2.05) is 5.38 Å². The smallest absolute Gasteiger partial charge is 0.322 e. The highest BCUT2D eigenvalue weighted by Gasteiger charge is 2.28. The highest BCUT2D eigenvalue weighted by Crippen LogP contribution is 2.37.